The first-order valence-electron chi connectivity index (χ1n) is 6.44. The van der Waals surface area contributed by atoms with Crippen molar-refractivity contribution in [2.75, 3.05) is 0 Å². The molecule has 0 rings (SSSR count). The van der Waals surface area contributed by atoms with E-state index in [1.165, 1.54) is 44.9 Å². The summed E-state index contributed by atoms with van der Waals surface area (Å²) >= 11 is 0. The highest BCUT2D eigenvalue weighted by Gasteiger charge is 2.04. The van der Waals surface area contributed by atoms with Crippen molar-refractivity contribution in [3.63, 3.8) is 0 Å². The van der Waals surface area contributed by atoms with E-state index in [2.05, 4.69) is 13.8 Å². The van der Waals surface area contributed by atoms with Crippen LogP contribution in [0.1, 0.15) is 71.6 Å². The highest BCUT2D eigenvalue weighted by atomic mass is 16.5. The van der Waals surface area contributed by atoms with Gasteiger partial charge in [-0.3, -0.25) is 4.79 Å². The van der Waals surface area contributed by atoms with E-state index in [0.29, 0.717) is 6.47 Å². The summed E-state index contributed by atoms with van der Waals surface area (Å²) in [5.74, 6) is 0. The van der Waals surface area contributed by atoms with Gasteiger partial charge >= 0.3 is 0 Å². The largest absolute Gasteiger partial charge is 0.465 e. The minimum absolute atomic E-state index is 0.151. The number of carbonyl (C=O) groups excluding carboxylic acids is 1. The van der Waals surface area contributed by atoms with Crippen LogP contribution in [-0.2, 0) is 9.53 Å². The van der Waals surface area contributed by atoms with E-state index in [4.69, 9.17) is 4.74 Å². The number of carbonyl (C=O) groups is 1. The van der Waals surface area contributed by atoms with Crippen LogP contribution in [0.15, 0.2) is 0 Å². The first kappa shape index (κ1) is 14.5. The Morgan fingerprint density at radius 3 is 2.13 bits per heavy atom. The van der Waals surface area contributed by atoms with Crippen LogP contribution in [0, 0.1) is 0 Å². The molecular weight excluding hydrogens is 188 g/mol. The van der Waals surface area contributed by atoms with Gasteiger partial charge < -0.3 is 4.74 Å². The molecule has 2 heteroatoms. The maximum Gasteiger partial charge on any atom is 0.293 e. The number of rotatable bonds is 11. The van der Waals surface area contributed by atoms with Crippen LogP contribution in [0.25, 0.3) is 0 Å². The summed E-state index contributed by atoms with van der Waals surface area (Å²) in [6.45, 7) is 4.88. The maximum absolute atomic E-state index is 10.2. The first-order chi connectivity index (χ1) is 7.35. The molecule has 0 radical (unpaired) electrons. The Bertz CT molecular complexity index is 134. The van der Waals surface area contributed by atoms with Gasteiger partial charge in [-0.05, 0) is 19.3 Å². The van der Waals surface area contributed by atoms with Crippen molar-refractivity contribution in [2.24, 2.45) is 0 Å². The Kier molecular flexibility index (Phi) is 11.1. The van der Waals surface area contributed by atoms with Crippen LogP contribution in [0.5, 0.6) is 0 Å². The minimum Gasteiger partial charge on any atom is -0.465 e. The zero-order valence-corrected chi connectivity index (χ0v) is 10.3. The second-order valence-corrected chi connectivity index (χ2v) is 4.17. The van der Waals surface area contributed by atoms with E-state index in [1.807, 2.05) is 0 Å². The molecule has 0 saturated heterocycles. The molecule has 0 saturated carbocycles. The Labute approximate surface area is 94.4 Å². The lowest BCUT2D eigenvalue weighted by atomic mass is 10.1. The summed E-state index contributed by atoms with van der Waals surface area (Å²) < 4.78 is 4.96. The van der Waals surface area contributed by atoms with Crippen LogP contribution < -0.4 is 0 Å². The van der Waals surface area contributed by atoms with E-state index in [0.717, 1.165) is 12.8 Å². The molecule has 90 valence electrons. The lowest BCUT2D eigenvalue weighted by Gasteiger charge is -2.12. The van der Waals surface area contributed by atoms with E-state index < -0.39 is 0 Å². The van der Waals surface area contributed by atoms with Crippen molar-refractivity contribution < 1.29 is 9.53 Å². The summed E-state index contributed by atoms with van der Waals surface area (Å²) in [5, 5.41) is 0. The molecule has 15 heavy (non-hydrogen) atoms. The second-order valence-electron chi connectivity index (χ2n) is 4.17. The molecule has 0 fully saturated rings. The predicted molar refractivity (Wildman–Crippen MR) is 63.8 cm³/mol. The van der Waals surface area contributed by atoms with Gasteiger partial charge in [0.15, 0.2) is 0 Å². The molecule has 0 aromatic carbocycles. The third kappa shape index (κ3) is 9.77. The highest BCUT2D eigenvalue weighted by Crippen LogP contribution is 2.12. The van der Waals surface area contributed by atoms with Crippen molar-refractivity contribution in [3.05, 3.63) is 0 Å². The van der Waals surface area contributed by atoms with Gasteiger partial charge in [-0.1, -0.05) is 52.4 Å². The van der Waals surface area contributed by atoms with E-state index >= 15 is 0 Å². The van der Waals surface area contributed by atoms with Gasteiger partial charge in [0.2, 0.25) is 0 Å². The highest BCUT2D eigenvalue weighted by molar-refractivity contribution is 5.37. The molecular formula is C13H26O2. The van der Waals surface area contributed by atoms with Crippen molar-refractivity contribution in [1.82, 2.24) is 0 Å². The summed E-state index contributed by atoms with van der Waals surface area (Å²) in [5.41, 5.74) is 0. The number of hydrogen-bond donors (Lipinski definition) is 0. The molecule has 0 aliphatic heterocycles. The Balaban J connectivity index is 3.17. The van der Waals surface area contributed by atoms with E-state index in [9.17, 15) is 4.79 Å². The zero-order chi connectivity index (χ0) is 11.4. The predicted octanol–water partition coefficient (Wildman–Crippen LogP) is 4.08. The summed E-state index contributed by atoms with van der Waals surface area (Å²) in [6, 6.07) is 0. The average molecular weight is 214 g/mol. The van der Waals surface area contributed by atoms with Gasteiger partial charge in [0.05, 0.1) is 0 Å². The van der Waals surface area contributed by atoms with Gasteiger partial charge in [-0.15, -0.1) is 0 Å². The Morgan fingerprint density at radius 2 is 1.60 bits per heavy atom. The number of ether oxygens (including phenoxy) is 1. The lowest BCUT2D eigenvalue weighted by Crippen LogP contribution is -2.10. The molecule has 0 aliphatic carbocycles. The molecule has 0 aliphatic rings. The van der Waals surface area contributed by atoms with Crippen LogP contribution >= 0.6 is 0 Å². The van der Waals surface area contributed by atoms with E-state index in [-0.39, 0.29) is 6.10 Å². The average Bonchev–Trinajstić information content (AvgIpc) is 2.26. The molecule has 0 bridgehead atoms. The van der Waals surface area contributed by atoms with E-state index in [1.54, 1.807) is 0 Å². The molecule has 0 amide bonds. The normalized spacial score (nSPS) is 12.4. The Morgan fingerprint density at radius 1 is 1.00 bits per heavy atom. The Hall–Kier alpha value is -0.530. The molecule has 1 unspecified atom stereocenters. The third-order valence-corrected chi connectivity index (χ3v) is 2.83. The van der Waals surface area contributed by atoms with Crippen LogP contribution in [0.2, 0.25) is 0 Å². The van der Waals surface area contributed by atoms with Crippen LogP contribution in [-0.4, -0.2) is 12.6 Å². The van der Waals surface area contributed by atoms with Crippen molar-refractivity contribution in [1.29, 1.82) is 0 Å². The quantitative estimate of drug-likeness (QED) is 0.382. The van der Waals surface area contributed by atoms with Gasteiger partial charge in [-0.25, -0.2) is 0 Å². The van der Waals surface area contributed by atoms with Crippen LogP contribution in [0.4, 0.5) is 0 Å². The third-order valence-electron chi connectivity index (χ3n) is 2.83. The lowest BCUT2D eigenvalue weighted by molar-refractivity contribution is -0.134. The number of hydrogen-bond acceptors (Lipinski definition) is 2. The molecule has 1 atom stereocenters. The maximum atomic E-state index is 10.2. The molecule has 0 aromatic heterocycles. The minimum atomic E-state index is 0.151. The topological polar surface area (TPSA) is 26.3 Å². The monoisotopic (exact) mass is 214 g/mol. The molecule has 2 nitrogen and oxygen atoms in total. The van der Waals surface area contributed by atoms with Gasteiger partial charge in [0.1, 0.15) is 6.10 Å². The van der Waals surface area contributed by atoms with Gasteiger partial charge in [-0.2, -0.15) is 0 Å². The zero-order valence-electron chi connectivity index (χ0n) is 10.3. The van der Waals surface area contributed by atoms with Crippen molar-refractivity contribution in [3.8, 4) is 0 Å². The number of unbranched alkanes of at least 4 members (excludes halogenated alkanes) is 6. The summed E-state index contributed by atoms with van der Waals surface area (Å²) in [4.78, 5) is 10.2. The summed E-state index contributed by atoms with van der Waals surface area (Å²) in [6.07, 6.45) is 11.3. The van der Waals surface area contributed by atoms with Crippen LogP contribution in [0.3, 0.4) is 0 Å². The molecule has 0 N–H and O–H groups in total. The fourth-order valence-electron chi connectivity index (χ4n) is 1.78. The fraction of sp³-hybridized carbons (Fsp3) is 0.923. The van der Waals surface area contributed by atoms with Gasteiger partial charge in [0.25, 0.3) is 6.47 Å². The smallest absolute Gasteiger partial charge is 0.293 e. The molecule has 0 heterocycles. The fourth-order valence-corrected chi connectivity index (χ4v) is 1.78. The second kappa shape index (κ2) is 11.5. The van der Waals surface area contributed by atoms with Gasteiger partial charge in [0, 0.05) is 0 Å². The standard InChI is InChI=1S/C13H26O2/c1-3-5-6-7-8-9-10-11-13(4-2)15-12-14/h12-13H,3-11H2,1-2H3. The van der Waals surface area contributed by atoms with Crippen molar-refractivity contribution in [2.45, 2.75) is 77.7 Å². The first-order valence-corrected chi connectivity index (χ1v) is 6.44. The molecule has 0 spiro atoms. The SMILES string of the molecule is CCCCCCCCCC(CC)OC=O. The summed E-state index contributed by atoms with van der Waals surface area (Å²) in [7, 11) is 0. The van der Waals surface area contributed by atoms with Crippen molar-refractivity contribution >= 4 is 6.47 Å². The molecule has 0 aromatic rings.